The van der Waals surface area contributed by atoms with E-state index in [1.165, 1.54) is 24.5 Å². The highest BCUT2D eigenvalue weighted by Crippen LogP contribution is 2.23. The molecule has 0 atom stereocenters. The van der Waals surface area contributed by atoms with Crippen molar-refractivity contribution in [2.75, 3.05) is 5.32 Å². The lowest BCUT2D eigenvalue weighted by molar-refractivity contribution is 0.0691. The number of aromatic nitrogens is 2. The molecule has 2 heterocycles. The van der Waals surface area contributed by atoms with Crippen LogP contribution in [0.25, 0.3) is 0 Å². The fraction of sp³-hybridized carbons (Fsp3) is 0. The molecule has 2 rings (SSSR count). The molecule has 0 saturated carbocycles. The van der Waals surface area contributed by atoms with Gasteiger partial charge in [-0.1, -0.05) is 11.6 Å². The number of carboxylic acids is 1. The second-order valence-electron chi connectivity index (χ2n) is 3.65. The second-order valence-corrected chi connectivity index (χ2v) is 4.92. The molecule has 0 radical (unpaired) electrons. The quantitative estimate of drug-likeness (QED) is 0.825. The van der Waals surface area contributed by atoms with E-state index in [0.717, 1.165) is 0 Å². The number of carbonyl (C=O) groups is 2. The third-order valence-electron chi connectivity index (χ3n) is 2.31. The summed E-state index contributed by atoms with van der Waals surface area (Å²) in [5.41, 5.74) is -0.131. The van der Waals surface area contributed by atoms with E-state index in [1.807, 2.05) is 0 Å². The van der Waals surface area contributed by atoms with Gasteiger partial charge in [0.2, 0.25) is 0 Å². The number of hydrogen-bond acceptors (Lipinski definition) is 4. The van der Waals surface area contributed by atoms with Crippen molar-refractivity contribution in [1.29, 1.82) is 0 Å². The van der Waals surface area contributed by atoms with Gasteiger partial charge in [-0.3, -0.25) is 9.78 Å². The first kappa shape index (κ1) is 14.4. The molecular weight excluding hydrogens is 350 g/mol. The predicted molar refractivity (Wildman–Crippen MR) is 76.1 cm³/mol. The maximum absolute atomic E-state index is 12.1. The minimum absolute atomic E-state index is 0.0920. The molecule has 0 spiro atoms. The monoisotopic (exact) mass is 355 g/mol. The summed E-state index contributed by atoms with van der Waals surface area (Å²) in [5.74, 6) is -1.91. The number of nitrogens with zero attached hydrogens (tertiary/aromatic N) is 2. The highest BCUT2D eigenvalue weighted by Gasteiger charge is 2.18. The molecule has 1 amide bonds. The number of carboxylic acid groups (broad SMARTS) is 1. The highest BCUT2D eigenvalue weighted by molar-refractivity contribution is 9.10. The Kier molecular flexibility index (Phi) is 4.31. The van der Waals surface area contributed by atoms with E-state index in [1.54, 1.807) is 6.07 Å². The molecule has 0 saturated heterocycles. The molecule has 6 nitrogen and oxygen atoms in total. The summed E-state index contributed by atoms with van der Waals surface area (Å²) < 4.78 is 0.622. The predicted octanol–water partition coefficient (Wildman–Crippen LogP) is 2.84. The van der Waals surface area contributed by atoms with Crippen LogP contribution in [-0.4, -0.2) is 27.0 Å². The normalized spacial score (nSPS) is 10.1. The SMILES string of the molecule is O=C(O)c1cccnc1C(=O)Nc1cc(Br)cnc1Cl. The maximum Gasteiger partial charge on any atom is 0.338 e. The fourth-order valence-corrected chi connectivity index (χ4v) is 1.93. The van der Waals surface area contributed by atoms with Crippen LogP contribution in [0.2, 0.25) is 5.15 Å². The third-order valence-corrected chi connectivity index (χ3v) is 3.04. The Morgan fingerprint density at radius 2 is 2.10 bits per heavy atom. The summed E-state index contributed by atoms with van der Waals surface area (Å²) in [6.45, 7) is 0. The van der Waals surface area contributed by atoms with Gasteiger partial charge in [-0.2, -0.15) is 0 Å². The lowest BCUT2D eigenvalue weighted by Crippen LogP contribution is -2.18. The molecule has 0 fully saturated rings. The number of hydrogen-bond donors (Lipinski definition) is 2. The Hall–Kier alpha value is -1.99. The smallest absolute Gasteiger partial charge is 0.338 e. The zero-order valence-corrected chi connectivity index (χ0v) is 12.1. The van der Waals surface area contributed by atoms with Crippen LogP contribution in [0.5, 0.6) is 0 Å². The van der Waals surface area contributed by atoms with Crippen LogP contribution < -0.4 is 5.32 Å². The number of rotatable bonds is 3. The van der Waals surface area contributed by atoms with Crippen molar-refractivity contribution in [3.05, 3.63) is 51.5 Å². The summed E-state index contributed by atoms with van der Waals surface area (Å²) in [6, 6.07) is 4.29. The zero-order valence-electron chi connectivity index (χ0n) is 9.80. The van der Waals surface area contributed by atoms with Crippen LogP contribution in [-0.2, 0) is 0 Å². The average molecular weight is 357 g/mol. The largest absolute Gasteiger partial charge is 0.478 e. The van der Waals surface area contributed by atoms with E-state index in [-0.39, 0.29) is 22.1 Å². The first-order chi connectivity index (χ1) is 9.49. The topological polar surface area (TPSA) is 92.2 Å². The van der Waals surface area contributed by atoms with Gasteiger partial charge in [0, 0.05) is 16.9 Å². The number of pyridine rings is 2. The van der Waals surface area contributed by atoms with Crippen LogP contribution in [0.4, 0.5) is 5.69 Å². The summed E-state index contributed by atoms with van der Waals surface area (Å²) in [7, 11) is 0. The van der Waals surface area contributed by atoms with Gasteiger partial charge in [-0.25, -0.2) is 9.78 Å². The number of carbonyl (C=O) groups excluding carboxylic acids is 1. The zero-order chi connectivity index (χ0) is 14.7. The Morgan fingerprint density at radius 3 is 2.80 bits per heavy atom. The molecule has 0 unspecified atom stereocenters. The molecule has 102 valence electrons. The fourth-order valence-electron chi connectivity index (χ4n) is 1.45. The van der Waals surface area contributed by atoms with Gasteiger partial charge in [0.15, 0.2) is 5.15 Å². The number of aromatic carboxylic acids is 1. The molecule has 2 aromatic heterocycles. The lowest BCUT2D eigenvalue weighted by Gasteiger charge is -2.08. The van der Waals surface area contributed by atoms with Gasteiger partial charge in [-0.15, -0.1) is 0 Å². The van der Waals surface area contributed by atoms with Crippen LogP contribution >= 0.6 is 27.5 Å². The second kappa shape index (κ2) is 5.98. The van der Waals surface area contributed by atoms with Crippen molar-refractivity contribution in [2.24, 2.45) is 0 Å². The summed E-state index contributed by atoms with van der Waals surface area (Å²) >= 11 is 9.04. The van der Waals surface area contributed by atoms with Gasteiger partial charge in [-0.05, 0) is 34.1 Å². The third kappa shape index (κ3) is 3.12. The Bertz CT molecular complexity index is 693. The van der Waals surface area contributed by atoms with Crippen molar-refractivity contribution < 1.29 is 14.7 Å². The van der Waals surface area contributed by atoms with Crippen molar-refractivity contribution in [3.8, 4) is 0 Å². The summed E-state index contributed by atoms with van der Waals surface area (Å²) in [4.78, 5) is 30.7. The maximum atomic E-state index is 12.1. The molecule has 0 aliphatic rings. The minimum atomic E-state index is -1.23. The molecule has 20 heavy (non-hydrogen) atoms. The number of halogens is 2. The minimum Gasteiger partial charge on any atom is -0.478 e. The molecule has 0 bridgehead atoms. The summed E-state index contributed by atoms with van der Waals surface area (Å²) in [6.07, 6.45) is 2.81. The van der Waals surface area contributed by atoms with Gasteiger partial charge in [0.1, 0.15) is 5.69 Å². The van der Waals surface area contributed by atoms with Gasteiger partial charge in [0.05, 0.1) is 11.3 Å². The van der Waals surface area contributed by atoms with Crippen molar-refractivity contribution in [3.63, 3.8) is 0 Å². The Morgan fingerprint density at radius 1 is 1.35 bits per heavy atom. The standard InChI is InChI=1S/C12H7BrClN3O3/c13-6-4-8(10(14)16-5-6)17-11(18)9-7(12(19)20)2-1-3-15-9/h1-5H,(H,17,18)(H,19,20). The van der Waals surface area contributed by atoms with Crippen LogP contribution in [0.1, 0.15) is 20.8 Å². The van der Waals surface area contributed by atoms with Crippen molar-refractivity contribution in [2.45, 2.75) is 0 Å². The van der Waals surface area contributed by atoms with Crippen molar-refractivity contribution >= 4 is 45.1 Å². The first-order valence-corrected chi connectivity index (χ1v) is 6.47. The molecule has 8 heteroatoms. The Balaban J connectivity index is 2.33. The number of amides is 1. The van der Waals surface area contributed by atoms with Crippen LogP contribution in [0, 0.1) is 0 Å². The molecule has 0 aliphatic heterocycles. The van der Waals surface area contributed by atoms with E-state index in [4.69, 9.17) is 16.7 Å². The van der Waals surface area contributed by atoms with Gasteiger partial charge < -0.3 is 10.4 Å². The van der Waals surface area contributed by atoms with Crippen LogP contribution in [0.15, 0.2) is 35.1 Å². The van der Waals surface area contributed by atoms with E-state index in [0.29, 0.717) is 4.47 Å². The van der Waals surface area contributed by atoms with E-state index < -0.39 is 11.9 Å². The van der Waals surface area contributed by atoms with Gasteiger partial charge >= 0.3 is 5.97 Å². The van der Waals surface area contributed by atoms with E-state index >= 15 is 0 Å². The number of anilines is 1. The van der Waals surface area contributed by atoms with Crippen molar-refractivity contribution in [1.82, 2.24) is 9.97 Å². The summed E-state index contributed by atoms with van der Waals surface area (Å²) in [5, 5.41) is 11.6. The molecular formula is C12H7BrClN3O3. The highest BCUT2D eigenvalue weighted by atomic mass is 79.9. The first-order valence-electron chi connectivity index (χ1n) is 5.29. The van der Waals surface area contributed by atoms with Crippen LogP contribution in [0.3, 0.4) is 0 Å². The molecule has 2 N–H and O–H groups in total. The average Bonchev–Trinajstić information content (AvgIpc) is 2.42. The Labute approximate surface area is 126 Å². The van der Waals surface area contributed by atoms with E-state index in [9.17, 15) is 9.59 Å². The molecule has 0 aromatic carbocycles. The molecule has 2 aromatic rings. The van der Waals surface area contributed by atoms with E-state index in [2.05, 4.69) is 31.2 Å². The molecule has 0 aliphatic carbocycles. The van der Waals surface area contributed by atoms with Gasteiger partial charge in [0.25, 0.3) is 5.91 Å². The lowest BCUT2D eigenvalue weighted by atomic mass is 10.2. The number of nitrogens with one attached hydrogen (secondary N) is 1.